The molecule has 0 radical (unpaired) electrons. The van der Waals surface area contributed by atoms with Crippen molar-refractivity contribution in [2.24, 2.45) is 0 Å². The smallest absolute Gasteiger partial charge is 0.273 e. The van der Waals surface area contributed by atoms with Gasteiger partial charge in [-0.05, 0) is 56.4 Å². The molecule has 172 valence electrons. The quantitative estimate of drug-likeness (QED) is 0.699. The van der Waals surface area contributed by atoms with E-state index in [1.165, 1.54) is 30.5 Å². The van der Waals surface area contributed by atoms with Crippen molar-refractivity contribution < 1.29 is 22.0 Å². The van der Waals surface area contributed by atoms with Gasteiger partial charge in [0.25, 0.3) is 5.91 Å². The average molecular weight is 464 g/mol. The van der Waals surface area contributed by atoms with E-state index in [1.807, 2.05) is 11.8 Å². The third-order valence-electron chi connectivity index (χ3n) is 5.44. The Kier molecular flexibility index (Phi) is 7.28. The van der Waals surface area contributed by atoms with Crippen LogP contribution in [-0.4, -0.2) is 38.2 Å². The van der Waals surface area contributed by atoms with Crippen molar-refractivity contribution in [3.05, 3.63) is 70.4 Å². The van der Waals surface area contributed by atoms with Crippen LogP contribution in [0.5, 0.6) is 0 Å². The Labute approximate surface area is 187 Å². The van der Waals surface area contributed by atoms with Gasteiger partial charge in [-0.15, -0.1) is 0 Å². The molecule has 6 nitrogen and oxygen atoms in total. The fourth-order valence-corrected chi connectivity index (χ4v) is 4.43. The first kappa shape index (κ1) is 23.8. The Morgan fingerprint density at radius 2 is 2.03 bits per heavy atom. The summed E-state index contributed by atoms with van der Waals surface area (Å²) in [7, 11) is -3.33. The van der Waals surface area contributed by atoms with Gasteiger partial charge < -0.3 is 10.2 Å². The lowest BCUT2D eigenvalue weighted by Crippen LogP contribution is -2.35. The minimum absolute atomic E-state index is 0.0358. The van der Waals surface area contributed by atoms with Crippen LogP contribution in [0, 0.1) is 18.6 Å². The van der Waals surface area contributed by atoms with Gasteiger partial charge in [-0.1, -0.05) is 12.1 Å². The number of anilines is 1. The van der Waals surface area contributed by atoms with Crippen LogP contribution in [0.4, 0.5) is 14.5 Å². The summed E-state index contributed by atoms with van der Waals surface area (Å²) in [5.74, 6) is -1.79. The van der Waals surface area contributed by atoms with Gasteiger partial charge in [0.2, 0.25) is 0 Å². The highest BCUT2D eigenvalue weighted by Gasteiger charge is 2.27. The number of nitrogens with one attached hydrogen (secondary N) is 1. The van der Waals surface area contributed by atoms with Gasteiger partial charge in [-0.25, -0.2) is 22.2 Å². The molecule has 1 aromatic heterocycles. The first-order valence-corrected chi connectivity index (χ1v) is 12.4. The maximum absolute atomic E-state index is 14.8. The molecule has 32 heavy (non-hydrogen) atoms. The summed E-state index contributed by atoms with van der Waals surface area (Å²) in [4.78, 5) is 18.5. The molecular weight excluding hydrogens is 436 g/mol. The number of halogens is 2. The van der Waals surface area contributed by atoms with E-state index in [1.54, 1.807) is 13.0 Å². The number of nitrogens with zero attached hydrogens (tertiary/aromatic N) is 2. The molecule has 2 atom stereocenters. The van der Waals surface area contributed by atoms with Crippen molar-refractivity contribution >= 4 is 21.4 Å². The number of aryl methyl sites for hydroxylation is 1. The molecule has 1 N–H and O–H groups in total. The molecule has 0 aliphatic carbocycles. The summed E-state index contributed by atoms with van der Waals surface area (Å²) in [5.41, 5.74) is 2.01. The Morgan fingerprint density at radius 1 is 1.28 bits per heavy atom. The van der Waals surface area contributed by atoms with E-state index in [0.717, 1.165) is 42.1 Å². The summed E-state index contributed by atoms with van der Waals surface area (Å²) < 4.78 is 50.8. The van der Waals surface area contributed by atoms with E-state index in [0.29, 0.717) is 12.2 Å². The molecule has 9 heteroatoms. The van der Waals surface area contributed by atoms with E-state index < -0.39 is 27.6 Å². The van der Waals surface area contributed by atoms with Crippen LogP contribution in [0.1, 0.15) is 53.8 Å². The fourth-order valence-electron chi connectivity index (χ4n) is 3.91. The first-order chi connectivity index (χ1) is 15.0. The number of carbonyl (C=O) groups excluding carboxylic acids is 1. The van der Waals surface area contributed by atoms with Gasteiger partial charge in [0.1, 0.15) is 5.82 Å². The number of hydrogen-bond acceptors (Lipinski definition) is 5. The van der Waals surface area contributed by atoms with Crippen LogP contribution < -0.4 is 10.2 Å². The van der Waals surface area contributed by atoms with E-state index in [4.69, 9.17) is 0 Å². The Bertz CT molecular complexity index is 1140. The van der Waals surface area contributed by atoms with Gasteiger partial charge in [0.15, 0.2) is 21.3 Å². The second-order valence-corrected chi connectivity index (χ2v) is 10.1. The second kappa shape index (κ2) is 9.77. The van der Waals surface area contributed by atoms with Gasteiger partial charge in [0.05, 0.1) is 17.9 Å². The topological polar surface area (TPSA) is 79.4 Å². The maximum atomic E-state index is 14.8. The largest absolute Gasteiger partial charge is 0.363 e. The fraction of sp³-hybridized carbons (Fsp3) is 0.391. The number of benzene rings is 1. The van der Waals surface area contributed by atoms with Crippen LogP contribution in [0.2, 0.25) is 0 Å². The Morgan fingerprint density at radius 3 is 2.69 bits per heavy atom. The molecule has 3 rings (SSSR count). The van der Waals surface area contributed by atoms with Crippen LogP contribution in [-0.2, 0) is 9.84 Å². The van der Waals surface area contributed by atoms with Crippen molar-refractivity contribution in [2.75, 3.05) is 17.7 Å². The number of aromatic nitrogens is 1. The van der Waals surface area contributed by atoms with Crippen LogP contribution in [0.15, 0.2) is 41.9 Å². The maximum Gasteiger partial charge on any atom is 0.273 e. The van der Waals surface area contributed by atoms with Crippen molar-refractivity contribution in [3.63, 3.8) is 0 Å². The molecule has 2 heterocycles. The lowest BCUT2D eigenvalue weighted by molar-refractivity contribution is 0.0937. The predicted octanol–water partition coefficient (Wildman–Crippen LogP) is 4.08. The number of sulfone groups is 1. The minimum atomic E-state index is -3.33. The normalized spacial score (nSPS) is 18.0. The van der Waals surface area contributed by atoms with Crippen LogP contribution >= 0.6 is 0 Å². The third-order valence-corrected chi connectivity index (χ3v) is 6.09. The zero-order valence-electron chi connectivity index (χ0n) is 18.3. The molecular formula is C23H27F2N3O3S. The minimum Gasteiger partial charge on any atom is -0.363 e. The molecule has 1 aliphatic rings. The zero-order chi connectivity index (χ0) is 23.5. The summed E-state index contributed by atoms with van der Waals surface area (Å²) in [6.45, 7) is 4.13. The van der Waals surface area contributed by atoms with Crippen molar-refractivity contribution in [2.45, 2.75) is 45.2 Å². The van der Waals surface area contributed by atoms with Gasteiger partial charge in [0, 0.05) is 30.3 Å². The van der Waals surface area contributed by atoms with E-state index >= 15 is 0 Å². The van der Waals surface area contributed by atoms with Gasteiger partial charge in [-0.3, -0.25) is 4.79 Å². The molecule has 0 bridgehead atoms. The highest BCUT2D eigenvalue weighted by molar-refractivity contribution is 7.93. The molecule has 1 fully saturated rings. The molecule has 0 saturated carbocycles. The molecule has 1 aliphatic heterocycles. The standard InChI is InChI=1S/C23H27F2N3O3S/c1-15-12-17(24)7-8-19(15)21-6-4-5-10-28(21)18-13-20(25)22(26-14-18)23(29)27-16(2)9-11-32(3,30)31/h7-9,11-14,16,21H,4-6,10H2,1-3H3,(H,27,29)/b11-9+/t16-,21?/m1/s1. The molecule has 1 aromatic carbocycles. The summed E-state index contributed by atoms with van der Waals surface area (Å²) in [6, 6.07) is 5.33. The zero-order valence-corrected chi connectivity index (χ0v) is 19.1. The molecule has 1 amide bonds. The lowest BCUT2D eigenvalue weighted by Gasteiger charge is -2.38. The first-order valence-electron chi connectivity index (χ1n) is 10.4. The van der Waals surface area contributed by atoms with Crippen molar-refractivity contribution in [3.8, 4) is 0 Å². The highest BCUT2D eigenvalue weighted by Crippen LogP contribution is 2.36. The van der Waals surface area contributed by atoms with Gasteiger partial charge >= 0.3 is 0 Å². The van der Waals surface area contributed by atoms with E-state index in [-0.39, 0.29) is 17.6 Å². The lowest BCUT2D eigenvalue weighted by atomic mass is 9.92. The molecule has 0 spiro atoms. The molecule has 1 unspecified atom stereocenters. The monoisotopic (exact) mass is 463 g/mol. The summed E-state index contributed by atoms with van der Waals surface area (Å²) in [6.07, 6.45) is 6.60. The summed E-state index contributed by atoms with van der Waals surface area (Å²) >= 11 is 0. The molecule has 1 saturated heterocycles. The third kappa shape index (κ3) is 5.91. The van der Waals surface area contributed by atoms with Crippen molar-refractivity contribution in [1.82, 2.24) is 10.3 Å². The second-order valence-electron chi connectivity index (χ2n) is 8.15. The van der Waals surface area contributed by atoms with E-state index in [9.17, 15) is 22.0 Å². The van der Waals surface area contributed by atoms with Gasteiger partial charge in [-0.2, -0.15) is 0 Å². The SMILES string of the molecule is Cc1cc(F)ccc1C1CCCCN1c1cnc(C(=O)N[C@H](C)/C=C/S(C)(=O)=O)c(F)c1. The number of pyridine rings is 1. The molecule has 2 aromatic rings. The number of piperidine rings is 1. The Hall–Kier alpha value is -2.81. The number of hydrogen-bond donors (Lipinski definition) is 1. The average Bonchev–Trinajstić information content (AvgIpc) is 2.72. The number of carbonyl (C=O) groups is 1. The highest BCUT2D eigenvalue weighted by atomic mass is 32.2. The van der Waals surface area contributed by atoms with Crippen LogP contribution in [0.3, 0.4) is 0 Å². The predicted molar refractivity (Wildman–Crippen MR) is 120 cm³/mol. The Balaban J connectivity index is 1.81. The number of rotatable bonds is 6. The summed E-state index contributed by atoms with van der Waals surface area (Å²) in [5, 5.41) is 3.50. The van der Waals surface area contributed by atoms with Crippen LogP contribution in [0.25, 0.3) is 0 Å². The van der Waals surface area contributed by atoms with Crippen molar-refractivity contribution in [1.29, 1.82) is 0 Å². The van der Waals surface area contributed by atoms with E-state index in [2.05, 4.69) is 10.3 Å². The number of amides is 1.